The standard InChI is InChI=1S/C21H28F2N2O3/c1-2-27-19-14-16(7-9-18(19)28-21(22)23)8-10-20(26)25-13-5-6-17(25)15-24-11-3-4-12-24/h7-10,14,17,21H,2-6,11-13,15H2,1H3/b10-8+. The maximum Gasteiger partial charge on any atom is 0.387 e. The maximum atomic E-state index is 12.7. The first-order valence-corrected chi connectivity index (χ1v) is 9.99. The van der Waals surface area contributed by atoms with E-state index in [2.05, 4.69) is 9.64 Å². The number of halogens is 2. The third kappa shape index (κ3) is 5.44. The van der Waals surface area contributed by atoms with Gasteiger partial charge >= 0.3 is 6.61 Å². The molecule has 0 spiro atoms. The van der Waals surface area contributed by atoms with Gasteiger partial charge in [-0.25, -0.2) is 0 Å². The van der Waals surface area contributed by atoms with E-state index in [0.29, 0.717) is 12.2 Å². The zero-order valence-corrected chi connectivity index (χ0v) is 16.3. The molecular formula is C21H28F2N2O3. The van der Waals surface area contributed by atoms with Crippen molar-refractivity contribution < 1.29 is 23.0 Å². The minimum atomic E-state index is -2.91. The second-order valence-corrected chi connectivity index (χ2v) is 7.19. The van der Waals surface area contributed by atoms with Gasteiger partial charge < -0.3 is 19.3 Å². The maximum absolute atomic E-state index is 12.7. The molecule has 0 bridgehead atoms. The Morgan fingerprint density at radius 3 is 2.71 bits per heavy atom. The minimum absolute atomic E-state index is 0.00689. The van der Waals surface area contributed by atoms with E-state index in [0.717, 1.165) is 39.0 Å². The molecule has 5 nitrogen and oxygen atoms in total. The predicted octanol–water partition coefficient (Wildman–Crippen LogP) is 3.79. The van der Waals surface area contributed by atoms with Gasteiger partial charge in [0.25, 0.3) is 0 Å². The normalized spacial score (nSPS) is 20.4. The molecule has 1 unspecified atom stereocenters. The largest absolute Gasteiger partial charge is 0.490 e. The number of nitrogens with zero attached hydrogens (tertiary/aromatic N) is 2. The Kier molecular flexibility index (Phi) is 7.25. The number of benzene rings is 1. The molecule has 2 aliphatic heterocycles. The third-order valence-electron chi connectivity index (χ3n) is 5.23. The third-order valence-corrected chi connectivity index (χ3v) is 5.23. The Bertz CT molecular complexity index is 690. The van der Waals surface area contributed by atoms with Crippen LogP contribution in [0.3, 0.4) is 0 Å². The van der Waals surface area contributed by atoms with Gasteiger partial charge in [-0.3, -0.25) is 4.79 Å². The van der Waals surface area contributed by atoms with Crippen molar-refractivity contribution in [3.8, 4) is 11.5 Å². The molecule has 154 valence electrons. The van der Waals surface area contributed by atoms with Crippen LogP contribution in [-0.2, 0) is 4.79 Å². The van der Waals surface area contributed by atoms with E-state index in [-0.39, 0.29) is 23.4 Å². The number of ether oxygens (including phenoxy) is 2. The molecule has 1 amide bonds. The molecule has 2 heterocycles. The minimum Gasteiger partial charge on any atom is -0.490 e. The van der Waals surface area contributed by atoms with Gasteiger partial charge in [0.2, 0.25) is 5.91 Å². The Hall–Kier alpha value is -2.15. The number of carbonyl (C=O) groups is 1. The fourth-order valence-electron chi connectivity index (χ4n) is 3.93. The van der Waals surface area contributed by atoms with Crippen molar-refractivity contribution in [3.05, 3.63) is 29.8 Å². The number of amides is 1. The summed E-state index contributed by atoms with van der Waals surface area (Å²) in [6, 6.07) is 4.95. The predicted molar refractivity (Wildman–Crippen MR) is 104 cm³/mol. The van der Waals surface area contributed by atoms with E-state index in [4.69, 9.17) is 4.74 Å². The Morgan fingerprint density at radius 2 is 2.00 bits per heavy atom. The van der Waals surface area contributed by atoms with Crippen LogP contribution in [0.5, 0.6) is 11.5 Å². The zero-order chi connectivity index (χ0) is 19.9. The first kappa shape index (κ1) is 20.6. The van der Waals surface area contributed by atoms with E-state index in [1.54, 1.807) is 31.2 Å². The lowest BCUT2D eigenvalue weighted by Gasteiger charge is -2.27. The zero-order valence-electron chi connectivity index (χ0n) is 16.3. The number of hydrogen-bond donors (Lipinski definition) is 0. The number of likely N-dealkylation sites (tertiary alicyclic amines) is 2. The lowest BCUT2D eigenvalue weighted by atomic mass is 10.1. The molecular weight excluding hydrogens is 366 g/mol. The van der Waals surface area contributed by atoms with Crippen LogP contribution in [0.4, 0.5) is 8.78 Å². The van der Waals surface area contributed by atoms with Gasteiger partial charge in [-0.05, 0) is 69.5 Å². The monoisotopic (exact) mass is 394 g/mol. The van der Waals surface area contributed by atoms with E-state index in [9.17, 15) is 13.6 Å². The lowest BCUT2D eigenvalue weighted by Crippen LogP contribution is -2.41. The van der Waals surface area contributed by atoms with Gasteiger partial charge in [0.1, 0.15) is 0 Å². The summed E-state index contributed by atoms with van der Waals surface area (Å²) >= 11 is 0. The Morgan fingerprint density at radius 1 is 1.21 bits per heavy atom. The Labute approximate surface area is 164 Å². The molecule has 7 heteroatoms. The van der Waals surface area contributed by atoms with Crippen LogP contribution < -0.4 is 9.47 Å². The van der Waals surface area contributed by atoms with Gasteiger partial charge in [-0.2, -0.15) is 8.78 Å². The van der Waals surface area contributed by atoms with E-state index >= 15 is 0 Å². The summed E-state index contributed by atoms with van der Waals surface area (Å²) in [5, 5.41) is 0. The number of carbonyl (C=O) groups excluding carboxylic acids is 1. The van der Waals surface area contributed by atoms with Crippen molar-refractivity contribution >= 4 is 12.0 Å². The van der Waals surface area contributed by atoms with Gasteiger partial charge in [0.15, 0.2) is 11.5 Å². The molecule has 28 heavy (non-hydrogen) atoms. The van der Waals surface area contributed by atoms with Crippen LogP contribution in [0.1, 0.15) is 38.2 Å². The second kappa shape index (κ2) is 9.87. The van der Waals surface area contributed by atoms with Crippen LogP contribution >= 0.6 is 0 Å². The summed E-state index contributed by atoms with van der Waals surface area (Å²) in [7, 11) is 0. The van der Waals surface area contributed by atoms with Crippen molar-refractivity contribution in [1.82, 2.24) is 9.80 Å². The summed E-state index contributed by atoms with van der Waals surface area (Å²) < 4.78 is 34.9. The topological polar surface area (TPSA) is 42.0 Å². The van der Waals surface area contributed by atoms with Crippen LogP contribution in [0.25, 0.3) is 6.08 Å². The highest BCUT2D eigenvalue weighted by atomic mass is 19.3. The van der Waals surface area contributed by atoms with Crippen LogP contribution in [-0.4, -0.2) is 61.1 Å². The fourth-order valence-corrected chi connectivity index (χ4v) is 3.93. The van der Waals surface area contributed by atoms with Crippen LogP contribution in [0.2, 0.25) is 0 Å². The Balaban J connectivity index is 1.64. The summed E-state index contributed by atoms with van der Waals surface area (Å²) in [6.07, 6.45) is 7.82. The molecule has 0 saturated carbocycles. The molecule has 2 fully saturated rings. The fraction of sp³-hybridized carbons (Fsp3) is 0.571. The SMILES string of the molecule is CCOc1cc(/C=C/C(=O)N2CCCC2CN2CCCC2)ccc1OC(F)F. The summed E-state index contributed by atoms with van der Waals surface area (Å²) in [5.74, 6) is 0.226. The quantitative estimate of drug-likeness (QED) is 0.629. The van der Waals surface area contributed by atoms with E-state index < -0.39 is 6.61 Å². The summed E-state index contributed by atoms with van der Waals surface area (Å²) in [5.41, 5.74) is 0.703. The van der Waals surface area contributed by atoms with Gasteiger partial charge in [-0.15, -0.1) is 0 Å². The van der Waals surface area contributed by atoms with Crippen molar-refractivity contribution in [3.63, 3.8) is 0 Å². The van der Waals surface area contributed by atoms with Crippen LogP contribution in [0.15, 0.2) is 24.3 Å². The van der Waals surface area contributed by atoms with Gasteiger partial charge in [0.05, 0.1) is 6.61 Å². The molecule has 1 aromatic carbocycles. The number of hydrogen-bond acceptors (Lipinski definition) is 4. The molecule has 1 atom stereocenters. The van der Waals surface area contributed by atoms with Gasteiger partial charge in [0, 0.05) is 25.2 Å². The lowest BCUT2D eigenvalue weighted by molar-refractivity contribution is -0.127. The van der Waals surface area contributed by atoms with E-state index in [1.165, 1.54) is 18.9 Å². The molecule has 2 saturated heterocycles. The smallest absolute Gasteiger partial charge is 0.387 e. The molecule has 0 N–H and O–H groups in total. The van der Waals surface area contributed by atoms with E-state index in [1.807, 2.05) is 4.90 Å². The van der Waals surface area contributed by atoms with Crippen molar-refractivity contribution in [1.29, 1.82) is 0 Å². The molecule has 0 radical (unpaired) electrons. The second-order valence-electron chi connectivity index (χ2n) is 7.19. The number of alkyl halides is 2. The van der Waals surface area contributed by atoms with Gasteiger partial charge in [-0.1, -0.05) is 6.07 Å². The molecule has 1 aromatic rings. The molecule has 2 aliphatic rings. The highest BCUT2D eigenvalue weighted by Crippen LogP contribution is 2.30. The molecule has 0 aromatic heterocycles. The average molecular weight is 394 g/mol. The first-order chi connectivity index (χ1) is 13.6. The summed E-state index contributed by atoms with van der Waals surface area (Å²) in [6.45, 7) is 3.18. The molecule has 3 rings (SSSR count). The van der Waals surface area contributed by atoms with Crippen molar-refractivity contribution in [2.24, 2.45) is 0 Å². The highest BCUT2D eigenvalue weighted by Gasteiger charge is 2.29. The first-order valence-electron chi connectivity index (χ1n) is 9.99. The van der Waals surface area contributed by atoms with Crippen LogP contribution in [0, 0.1) is 0 Å². The van der Waals surface area contributed by atoms with Crippen molar-refractivity contribution in [2.75, 3.05) is 32.8 Å². The average Bonchev–Trinajstić information content (AvgIpc) is 3.34. The summed E-state index contributed by atoms with van der Waals surface area (Å²) in [4.78, 5) is 17.1. The number of rotatable bonds is 8. The molecule has 0 aliphatic carbocycles. The highest BCUT2D eigenvalue weighted by molar-refractivity contribution is 5.92. The van der Waals surface area contributed by atoms with Crippen molar-refractivity contribution in [2.45, 2.75) is 45.3 Å².